The van der Waals surface area contributed by atoms with E-state index >= 15 is 0 Å². The van der Waals surface area contributed by atoms with Gasteiger partial charge in [0.05, 0.1) is 24.2 Å². The van der Waals surface area contributed by atoms with Crippen LogP contribution < -0.4 is 15.4 Å². The molecule has 3 N–H and O–H groups in total. The van der Waals surface area contributed by atoms with Crippen LogP contribution in [0.3, 0.4) is 0 Å². The highest BCUT2D eigenvalue weighted by Gasteiger charge is 2.23. The van der Waals surface area contributed by atoms with Crippen LogP contribution in [0.5, 0.6) is 5.75 Å². The average molecular weight is 318 g/mol. The molecule has 1 heterocycles. The Kier molecular flexibility index (Phi) is 5.65. The predicted molar refractivity (Wildman–Crippen MR) is 87.7 cm³/mol. The second-order valence-corrected chi connectivity index (χ2v) is 5.49. The molecule has 23 heavy (non-hydrogen) atoms. The van der Waals surface area contributed by atoms with Gasteiger partial charge in [-0.15, -0.1) is 0 Å². The zero-order valence-corrected chi connectivity index (χ0v) is 13.3. The number of carbonyl (C=O) groups is 1. The van der Waals surface area contributed by atoms with Crippen molar-refractivity contribution in [3.8, 4) is 5.75 Å². The molecule has 0 bridgehead atoms. The second-order valence-electron chi connectivity index (χ2n) is 5.49. The van der Waals surface area contributed by atoms with Crippen molar-refractivity contribution < 1.29 is 19.1 Å². The fraction of sp³-hybridized carbons (Fsp3) is 0.353. The number of urea groups is 1. The fourth-order valence-corrected chi connectivity index (χ4v) is 2.14. The number of hydrogen-bond acceptors (Lipinski definition) is 4. The van der Waals surface area contributed by atoms with E-state index in [0.717, 1.165) is 0 Å². The Bertz CT molecular complexity index is 623. The Morgan fingerprint density at radius 2 is 2.09 bits per heavy atom. The summed E-state index contributed by atoms with van der Waals surface area (Å²) in [7, 11) is 0. The first-order chi connectivity index (χ1) is 11.0. The molecule has 0 spiro atoms. The van der Waals surface area contributed by atoms with Crippen LogP contribution in [0.1, 0.15) is 19.6 Å². The number of aliphatic hydroxyl groups is 1. The van der Waals surface area contributed by atoms with Crippen molar-refractivity contribution in [2.75, 3.05) is 18.5 Å². The Labute approximate surface area is 135 Å². The summed E-state index contributed by atoms with van der Waals surface area (Å²) in [5.74, 6) is 1.27. The van der Waals surface area contributed by atoms with Gasteiger partial charge in [0.15, 0.2) is 0 Å². The molecular weight excluding hydrogens is 296 g/mol. The first kappa shape index (κ1) is 16.9. The predicted octanol–water partition coefficient (Wildman–Crippen LogP) is 2.79. The van der Waals surface area contributed by atoms with Crippen molar-refractivity contribution in [3.63, 3.8) is 0 Å². The third-order valence-electron chi connectivity index (χ3n) is 3.20. The molecule has 1 aromatic carbocycles. The van der Waals surface area contributed by atoms with Crippen LogP contribution in [-0.2, 0) is 6.42 Å². The van der Waals surface area contributed by atoms with Gasteiger partial charge in [0.1, 0.15) is 11.5 Å². The van der Waals surface area contributed by atoms with Crippen LogP contribution in [0.25, 0.3) is 0 Å². The molecule has 1 atom stereocenters. The Balaban J connectivity index is 1.87. The van der Waals surface area contributed by atoms with Crippen molar-refractivity contribution in [1.82, 2.24) is 5.32 Å². The van der Waals surface area contributed by atoms with E-state index in [9.17, 15) is 9.90 Å². The van der Waals surface area contributed by atoms with Crippen LogP contribution in [0, 0.1) is 0 Å². The quantitative estimate of drug-likeness (QED) is 0.733. The smallest absolute Gasteiger partial charge is 0.319 e. The van der Waals surface area contributed by atoms with E-state index in [1.165, 1.54) is 0 Å². The molecule has 0 aliphatic carbocycles. The van der Waals surface area contributed by atoms with Gasteiger partial charge in [-0.05, 0) is 38.1 Å². The zero-order valence-electron chi connectivity index (χ0n) is 13.3. The average Bonchev–Trinajstić information content (AvgIpc) is 3.00. The lowest BCUT2D eigenvalue weighted by atomic mass is 10.0. The minimum absolute atomic E-state index is 0.0936. The van der Waals surface area contributed by atoms with Crippen LogP contribution in [0.4, 0.5) is 10.5 Å². The second kappa shape index (κ2) is 7.69. The molecule has 124 valence electrons. The maximum absolute atomic E-state index is 12.0. The van der Waals surface area contributed by atoms with Gasteiger partial charge < -0.3 is 24.9 Å². The highest BCUT2D eigenvalue weighted by atomic mass is 16.5. The SMILES string of the molecule is CCOc1ccccc1NC(=O)NC[C@](C)(O)Cc1ccco1. The molecule has 2 amide bonds. The van der Waals surface area contributed by atoms with Crippen LogP contribution >= 0.6 is 0 Å². The molecule has 0 unspecified atom stereocenters. The molecule has 2 rings (SSSR count). The van der Waals surface area contributed by atoms with Crippen LogP contribution in [0.2, 0.25) is 0 Å². The van der Waals surface area contributed by atoms with Gasteiger partial charge in [0, 0.05) is 13.0 Å². The molecule has 2 aromatic rings. The molecule has 0 aliphatic heterocycles. The normalized spacial score (nSPS) is 13.2. The maximum Gasteiger partial charge on any atom is 0.319 e. The zero-order chi connectivity index (χ0) is 16.7. The number of nitrogens with one attached hydrogen (secondary N) is 2. The lowest BCUT2D eigenvalue weighted by Crippen LogP contribution is -2.43. The van der Waals surface area contributed by atoms with Gasteiger partial charge in [0.25, 0.3) is 0 Å². The van der Waals surface area contributed by atoms with E-state index < -0.39 is 11.6 Å². The number of amides is 2. The standard InChI is InChI=1S/C17H22N2O4/c1-3-22-15-9-5-4-8-14(15)19-16(20)18-12-17(2,21)11-13-7-6-10-23-13/h4-10,21H,3,11-12H2,1-2H3,(H2,18,19,20)/t17-/m1/s1. The minimum atomic E-state index is -1.10. The molecule has 0 fully saturated rings. The maximum atomic E-state index is 12.0. The van der Waals surface area contributed by atoms with Crippen LogP contribution in [-0.4, -0.2) is 29.9 Å². The fourth-order valence-electron chi connectivity index (χ4n) is 2.14. The van der Waals surface area contributed by atoms with E-state index in [-0.39, 0.29) is 6.54 Å². The summed E-state index contributed by atoms with van der Waals surface area (Å²) >= 11 is 0. The van der Waals surface area contributed by atoms with E-state index in [4.69, 9.17) is 9.15 Å². The van der Waals surface area contributed by atoms with E-state index in [1.54, 1.807) is 37.5 Å². The van der Waals surface area contributed by atoms with Gasteiger partial charge in [-0.25, -0.2) is 4.79 Å². The Hall–Kier alpha value is -2.47. The number of rotatable bonds is 7. The number of para-hydroxylation sites is 2. The van der Waals surface area contributed by atoms with Crippen molar-refractivity contribution in [2.24, 2.45) is 0 Å². The van der Waals surface area contributed by atoms with E-state index in [0.29, 0.717) is 30.2 Å². The number of furan rings is 1. The van der Waals surface area contributed by atoms with Gasteiger partial charge in [-0.3, -0.25) is 0 Å². The first-order valence-electron chi connectivity index (χ1n) is 7.51. The summed E-state index contributed by atoms with van der Waals surface area (Å²) in [6.45, 7) is 4.13. The topological polar surface area (TPSA) is 83.7 Å². The van der Waals surface area contributed by atoms with Crippen molar-refractivity contribution in [1.29, 1.82) is 0 Å². The number of hydrogen-bond donors (Lipinski definition) is 3. The van der Waals surface area contributed by atoms with Crippen molar-refractivity contribution in [2.45, 2.75) is 25.9 Å². The van der Waals surface area contributed by atoms with E-state index in [2.05, 4.69) is 10.6 Å². The number of ether oxygens (including phenoxy) is 1. The number of carbonyl (C=O) groups excluding carboxylic acids is 1. The third kappa shape index (κ3) is 5.34. The van der Waals surface area contributed by atoms with Gasteiger partial charge in [0.2, 0.25) is 0 Å². The third-order valence-corrected chi connectivity index (χ3v) is 3.20. The highest BCUT2D eigenvalue weighted by Crippen LogP contribution is 2.23. The highest BCUT2D eigenvalue weighted by molar-refractivity contribution is 5.90. The largest absolute Gasteiger partial charge is 0.492 e. The van der Waals surface area contributed by atoms with Gasteiger partial charge in [-0.2, -0.15) is 0 Å². The summed E-state index contributed by atoms with van der Waals surface area (Å²) in [4.78, 5) is 12.0. The molecule has 1 aromatic heterocycles. The molecular formula is C17H22N2O4. The summed E-state index contributed by atoms with van der Waals surface area (Å²) in [6.07, 6.45) is 1.87. The minimum Gasteiger partial charge on any atom is -0.492 e. The molecule has 6 nitrogen and oxygen atoms in total. The number of anilines is 1. The Morgan fingerprint density at radius 1 is 1.30 bits per heavy atom. The van der Waals surface area contributed by atoms with Crippen molar-refractivity contribution >= 4 is 11.7 Å². The first-order valence-corrected chi connectivity index (χ1v) is 7.51. The Morgan fingerprint density at radius 3 is 2.78 bits per heavy atom. The number of benzene rings is 1. The van der Waals surface area contributed by atoms with Crippen LogP contribution in [0.15, 0.2) is 47.1 Å². The van der Waals surface area contributed by atoms with Gasteiger partial charge >= 0.3 is 6.03 Å². The monoisotopic (exact) mass is 318 g/mol. The summed E-state index contributed by atoms with van der Waals surface area (Å²) in [5, 5.41) is 15.7. The lowest BCUT2D eigenvalue weighted by molar-refractivity contribution is 0.0577. The molecule has 6 heteroatoms. The summed E-state index contributed by atoms with van der Waals surface area (Å²) in [5.41, 5.74) is -0.522. The molecule has 0 aliphatic rings. The molecule has 0 radical (unpaired) electrons. The van der Waals surface area contributed by atoms with Gasteiger partial charge in [-0.1, -0.05) is 12.1 Å². The van der Waals surface area contributed by atoms with Crippen molar-refractivity contribution in [3.05, 3.63) is 48.4 Å². The molecule has 0 saturated heterocycles. The summed E-state index contributed by atoms with van der Waals surface area (Å²) < 4.78 is 10.7. The molecule has 0 saturated carbocycles. The lowest BCUT2D eigenvalue weighted by Gasteiger charge is -2.22. The van der Waals surface area contributed by atoms with E-state index in [1.807, 2.05) is 19.1 Å². The summed E-state index contributed by atoms with van der Waals surface area (Å²) in [6, 6.07) is 10.3.